The van der Waals surface area contributed by atoms with Gasteiger partial charge < -0.3 is 4.98 Å². The van der Waals surface area contributed by atoms with E-state index in [2.05, 4.69) is 31.8 Å². The molecule has 1 aliphatic rings. The Labute approximate surface area is 177 Å². The van der Waals surface area contributed by atoms with Crippen molar-refractivity contribution in [2.75, 3.05) is 0 Å². The van der Waals surface area contributed by atoms with Crippen LogP contribution in [0.15, 0.2) is 29.1 Å². The van der Waals surface area contributed by atoms with E-state index in [4.69, 9.17) is 10.1 Å². The third-order valence-corrected chi connectivity index (χ3v) is 6.52. The predicted molar refractivity (Wildman–Crippen MR) is 117 cm³/mol. The van der Waals surface area contributed by atoms with Gasteiger partial charge in [-0.25, -0.2) is 9.50 Å². The highest BCUT2D eigenvalue weighted by Crippen LogP contribution is 2.43. The maximum atomic E-state index is 13.0. The van der Waals surface area contributed by atoms with E-state index >= 15 is 0 Å². The number of imidazole rings is 1. The molecule has 0 atom stereocenters. The first kappa shape index (κ1) is 20.3. The number of nitrogens with zero attached hydrogens (tertiary/aromatic N) is 4. The van der Waals surface area contributed by atoms with Crippen LogP contribution in [0.2, 0.25) is 0 Å². The average Bonchev–Trinajstić information content (AvgIpc) is 3.12. The molecular weight excluding hydrogens is 374 g/mol. The van der Waals surface area contributed by atoms with Crippen molar-refractivity contribution in [3.8, 4) is 17.5 Å². The summed E-state index contributed by atoms with van der Waals surface area (Å²) in [5.41, 5.74) is 2.75. The monoisotopic (exact) mass is 403 g/mol. The molecule has 1 fully saturated rings. The standard InChI is InChI=1S/C24H29N5O/c1-5-19-20-23(30)27-21(17-8-6-7-15(13-17)14-25)28-29(20)22(26-19)16-9-11-18(12-10-16)24(2,3)4/h6-8,13,16,18H,5,9-12H2,1-4H3,(H,27,28,30). The highest BCUT2D eigenvalue weighted by molar-refractivity contribution is 5.60. The lowest BCUT2D eigenvalue weighted by atomic mass is 9.70. The Morgan fingerprint density at radius 2 is 1.97 bits per heavy atom. The van der Waals surface area contributed by atoms with Crippen LogP contribution in [-0.2, 0) is 6.42 Å². The quantitative estimate of drug-likeness (QED) is 0.678. The van der Waals surface area contributed by atoms with Gasteiger partial charge in [0.2, 0.25) is 0 Å². The fourth-order valence-corrected chi connectivity index (χ4v) is 4.69. The lowest BCUT2D eigenvalue weighted by Gasteiger charge is -2.36. The van der Waals surface area contributed by atoms with Gasteiger partial charge in [-0.05, 0) is 55.6 Å². The van der Waals surface area contributed by atoms with Gasteiger partial charge in [0.05, 0.1) is 17.3 Å². The number of H-pyrrole nitrogens is 1. The van der Waals surface area contributed by atoms with E-state index in [1.165, 1.54) is 12.8 Å². The Bertz CT molecular complexity index is 1170. The van der Waals surface area contributed by atoms with Gasteiger partial charge in [-0.15, -0.1) is 5.10 Å². The first-order valence-electron chi connectivity index (χ1n) is 10.8. The van der Waals surface area contributed by atoms with Crippen LogP contribution in [0.4, 0.5) is 0 Å². The molecule has 0 saturated heterocycles. The summed E-state index contributed by atoms with van der Waals surface area (Å²) >= 11 is 0. The Kier molecular flexibility index (Phi) is 5.23. The number of nitrogens with one attached hydrogen (secondary N) is 1. The second-order valence-electron chi connectivity index (χ2n) is 9.44. The van der Waals surface area contributed by atoms with E-state index in [0.717, 1.165) is 29.9 Å². The van der Waals surface area contributed by atoms with Crippen molar-refractivity contribution < 1.29 is 0 Å². The van der Waals surface area contributed by atoms with Crippen LogP contribution in [-0.4, -0.2) is 19.6 Å². The maximum absolute atomic E-state index is 13.0. The normalized spacial score (nSPS) is 19.7. The minimum absolute atomic E-state index is 0.179. The van der Waals surface area contributed by atoms with E-state index in [9.17, 15) is 10.1 Å². The van der Waals surface area contributed by atoms with Crippen molar-refractivity contribution >= 4 is 5.52 Å². The van der Waals surface area contributed by atoms with Gasteiger partial charge in [0.15, 0.2) is 11.3 Å². The fraction of sp³-hybridized carbons (Fsp3) is 0.500. The largest absolute Gasteiger partial charge is 0.303 e. The van der Waals surface area contributed by atoms with Crippen molar-refractivity contribution in [1.29, 1.82) is 5.26 Å². The van der Waals surface area contributed by atoms with Crippen molar-refractivity contribution in [3.63, 3.8) is 0 Å². The maximum Gasteiger partial charge on any atom is 0.277 e. The first-order chi connectivity index (χ1) is 14.3. The number of aromatic nitrogens is 4. The second kappa shape index (κ2) is 7.71. The van der Waals surface area contributed by atoms with Crippen LogP contribution < -0.4 is 5.56 Å². The summed E-state index contributed by atoms with van der Waals surface area (Å²) in [5, 5.41) is 14.0. The molecule has 0 spiro atoms. The fourth-order valence-electron chi connectivity index (χ4n) is 4.69. The lowest BCUT2D eigenvalue weighted by Crippen LogP contribution is -2.26. The van der Waals surface area contributed by atoms with Gasteiger partial charge in [-0.2, -0.15) is 5.26 Å². The second-order valence-corrected chi connectivity index (χ2v) is 9.44. The number of hydrogen-bond donors (Lipinski definition) is 1. The molecule has 2 heterocycles. The Hall–Kier alpha value is -2.94. The molecule has 0 aliphatic heterocycles. The van der Waals surface area contributed by atoms with Gasteiger partial charge in [0.1, 0.15) is 5.82 Å². The van der Waals surface area contributed by atoms with Crippen LogP contribution in [0.25, 0.3) is 16.9 Å². The minimum atomic E-state index is -0.179. The van der Waals surface area contributed by atoms with Gasteiger partial charge >= 0.3 is 0 Å². The van der Waals surface area contributed by atoms with E-state index in [-0.39, 0.29) is 5.56 Å². The van der Waals surface area contributed by atoms with Crippen LogP contribution in [0, 0.1) is 22.7 Å². The molecule has 0 bridgehead atoms. The van der Waals surface area contributed by atoms with Crippen molar-refractivity contribution in [2.45, 2.75) is 65.7 Å². The van der Waals surface area contributed by atoms with Gasteiger partial charge in [0, 0.05) is 11.5 Å². The molecule has 0 unspecified atom stereocenters. The van der Waals surface area contributed by atoms with Crippen molar-refractivity contribution in [2.24, 2.45) is 11.3 Å². The third-order valence-electron chi connectivity index (χ3n) is 6.52. The molecule has 0 radical (unpaired) electrons. The number of hydrogen-bond acceptors (Lipinski definition) is 4. The number of nitriles is 1. The molecule has 2 aromatic heterocycles. The number of aromatic amines is 1. The van der Waals surface area contributed by atoms with Gasteiger partial charge in [0.25, 0.3) is 5.56 Å². The van der Waals surface area contributed by atoms with E-state index in [0.29, 0.717) is 40.6 Å². The summed E-state index contributed by atoms with van der Waals surface area (Å²) in [5.74, 6) is 2.39. The number of rotatable bonds is 3. The number of aryl methyl sites for hydroxylation is 1. The highest BCUT2D eigenvalue weighted by Gasteiger charge is 2.32. The molecular formula is C24H29N5O. The molecule has 1 N–H and O–H groups in total. The topological polar surface area (TPSA) is 86.8 Å². The van der Waals surface area contributed by atoms with E-state index < -0.39 is 0 Å². The van der Waals surface area contributed by atoms with Gasteiger partial charge in [-0.1, -0.05) is 39.8 Å². The van der Waals surface area contributed by atoms with Crippen LogP contribution in [0.3, 0.4) is 0 Å². The predicted octanol–water partition coefficient (Wildman–Crippen LogP) is 4.84. The van der Waals surface area contributed by atoms with Crippen LogP contribution in [0.5, 0.6) is 0 Å². The summed E-state index contributed by atoms with van der Waals surface area (Å²) in [7, 11) is 0. The summed E-state index contributed by atoms with van der Waals surface area (Å²) < 4.78 is 1.77. The SMILES string of the molecule is CCc1nc(C2CCC(C(C)(C)C)CC2)n2nc(-c3cccc(C#N)c3)[nH]c(=O)c12. The molecule has 1 saturated carbocycles. The van der Waals surface area contributed by atoms with E-state index in [1.54, 1.807) is 22.7 Å². The van der Waals surface area contributed by atoms with Crippen LogP contribution >= 0.6 is 0 Å². The Morgan fingerprint density at radius 1 is 1.23 bits per heavy atom. The first-order valence-corrected chi connectivity index (χ1v) is 10.8. The smallest absolute Gasteiger partial charge is 0.277 e. The summed E-state index contributed by atoms with van der Waals surface area (Å²) in [4.78, 5) is 20.7. The molecule has 1 aliphatic carbocycles. The van der Waals surface area contributed by atoms with Crippen molar-refractivity contribution in [3.05, 3.63) is 51.7 Å². The Morgan fingerprint density at radius 3 is 2.60 bits per heavy atom. The average molecular weight is 404 g/mol. The molecule has 6 nitrogen and oxygen atoms in total. The summed E-state index contributed by atoms with van der Waals surface area (Å²) in [6.45, 7) is 8.98. The van der Waals surface area contributed by atoms with Crippen molar-refractivity contribution in [1.82, 2.24) is 19.6 Å². The molecule has 4 rings (SSSR count). The van der Waals surface area contributed by atoms with Gasteiger partial charge in [-0.3, -0.25) is 4.79 Å². The van der Waals surface area contributed by atoms with E-state index in [1.807, 2.05) is 13.0 Å². The lowest BCUT2D eigenvalue weighted by molar-refractivity contribution is 0.167. The molecule has 3 aromatic rings. The summed E-state index contributed by atoms with van der Waals surface area (Å²) in [6.07, 6.45) is 5.17. The highest BCUT2D eigenvalue weighted by atomic mass is 16.1. The number of fused-ring (bicyclic) bond motifs is 1. The molecule has 6 heteroatoms. The zero-order chi connectivity index (χ0) is 21.5. The third kappa shape index (κ3) is 3.65. The minimum Gasteiger partial charge on any atom is -0.303 e. The number of benzene rings is 1. The summed E-state index contributed by atoms with van der Waals surface area (Å²) in [6, 6.07) is 9.29. The Balaban J connectivity index is 1.78. The molecule has 156 valence electrons. The molecule has 30 heavy (non-hydrogen) atoms. The molecule has 0 amide bonds. The zero-order valence-electron chi connectivity index (χ0n) is 18.2. The zero-order valence-corrected chi connectivity index (χ0v) is 18.2. The molecule has 1 aromatic carbocycles. The van der Waals surface area contributed by atoms with Crippen LogP contribution in [0.1, 0.15) is 76.4 Å².